The molecule has 0 saturated heterocycles. The van der Waals surface area contributed by atoms with Crippen LogP contribution in [-0.2, 0) is 4.79 Å². The largest absolute Gasteiger partial charge is 0.347 e. The fourth-order valence-electron chi connectivity index (χ4n) is 0.979. The van der Waals surface area contributed by atoms with Crippen molar-refractivity contribution in [2.75, 3.05) is 41.3 Å². The zero-order valence-corrected chi connectivity index (χ0v) is 9.29. The second-order valence-electron chi connectivity index (χ2n) is 3.71. The predicted octanol–water partition coefficient (Wildman–Crippen LogP) is -0.386. The van der Waals surface area contributed by atoms with Gasteiger partial charge in [-0.2, -0.15) is 0 Å². The topological polar surface area (TPSA) is 35.6 Å². The van der Waals surface area contributed by atoms with E-state index in [1.54, 1.807) is 19.0 Å². The van der Waals surface area contributed by atoms with Crippen molar-refractivity contribution in [3.63, 3.8) is 0 Å². The summed E-state index contributed by atoms with van der Waals surface area (Å²) in [7, 11) is 7.57. The van der Waals surface area contributed by atoms with Crippen molar-refractivity contribution in [2.24, 2.45) is 0 Å². The smallest absolute Gasteiger partial charge is 0.238 e. The summed E-state index contributed by atoms with van der Waals surface area (Å²) < 4.78 is 0. The number of rotatable bonds is 5. The van der Waals surface area contributed by atoms with Crippen LogP contribution in [0.4, 0.5) is 0 Å². The molecule has 0 aliphatic heterocycles. The maximum Gasteiger partial charge on any atom is 0.238 e. The number of carbonyl (C=O) groups excluding carboxylic acids is 1. The van der Waals surface area contributed by atoms with Gasteiger partial charge in [0.2, 0.25) is 5.91 Å². The van der Waals surface area contributed by atoms with Crippen LogP contribution in [0.5, 0.6) is 0 Å². The summed E-state index contributed by atoms with van der Waals surface area (Å²) >= 11 is 0. The molecule has 0 rings (SSSR count). The highest BCUT2D eigenvalue weighted by atomic mass is 16.2. The van der Waals surface area contributed by atoms with Crippen LogP contribution in [0, 0.1) is 0 Å². The summed E-state index contributed by atoms with van der Waals surface area (Å²) in [6, 6.07) is -0.0880. The molecule has 0 saturated carbocycles. The first-order valence-corrected chi connectivity index (χ1v) is 4.54. The Kier molecular flexibility index (Phi) is 5.66. The average Bonchev–Trinajstić information content (AvgIpc) is 2.02. The van der Waals surface area contributed by atoms with Gasteiger partial charge in [-0.05, 0) is 21.0 Å². The summed E-state index contributed by atoms with van der Waals surface area (Å²) in [5.74, 6) is 0.124. The summed E-state index contributed by atoms with van der Waals surface area (Å²) in [6.07, 6.45) is 0. The van der Waals surface area contributed by atoms with E-state index in [0.29, 0.717) is 0 Å². The summed E-state index contributed by atoms with van der Waals surface area (Å²) in [4.78, 5) is 15.1. The minimum atomic E-state index is -0.0880. The lowest BCUT2D eigenvalue weighted by molar-refractivity contribution is -0.130. The summed E-state index contributed by atoms with van der Waals surface area (Å²) in [5, 5.41) is 3.16. The molecule has 13 heavy (non-hydrogen) atoms. The van der Waals surface area contributed by atoms with Crippen molar-refractivity contribution >= 4 is 5.91 Å². The third kappa shape index (κ3) is 5.60. The molecule has 0 heterocycles. The van der Waals surface area contributed by atoms with Gasteiger partial charge in [-0.1, -0.05) is 0 Å². The van der Waals surface area contributed by atoms with Crippen LogP contribution in [0.3, 0.4) is 0 Å². The molecule has 78 valence electrons. The number of hydrogen-bond acceptors (Lipinski definition) is 3. The zero-order valence-electron chi connectivity index (χ0n) is 9.29. The molecular weight excluding hydrogens is 166 g/mol. The van der Waals surface area contributed by atoms with Crippen LogP contribution in [0.1, 0.15) is 6.92 Å². The van der Waals surface area contributed by atoms with Crippen LogP contribution in [0.2, 0.25) is 0 Å². The van der Waals surface area contributed by atoms with Crippen LogP contribution >= 0.6 is 0 Å². The van der Waals surface area contributed by atoms with Crippen LogP contribution in [-0.4, -0.2) is 63.0 Å². The number of amides is 1. The van der Waals surface area contributed by atoms with Crippen molar-refractivity contribution < 1.29 is 4.79 Å². The van der Waals surface area contributed by atoms with Crippen molar-refractivity contribution in [1.82, 2.24) is 15.1 Å². The minimum Gasteiger partial charge on any atom is -0.347 e. The Labute approximate surface area is 80.9 Å². The van der Waals surface area contributed by atoms with Crippen molar-refractivity contribution in [3.05, 3.63) is 0 Å². The standard InChI is InChI=1S/C9H21N3O/c1-8(9(13)12(4)5)10-6-7-11(2)3/h8,10H,6-7H2,1-5H3. The Bertz CT molecular complexity index is 157. The quantitative estimate of drug-likeness (QED) is 0.637. The maximum absolute atomic E-state index is 11.4. The van der Waals surface area contributed by atoms with E-state index < -0.39 is 0 Å². The monoisotopic (exact) mass is 187 g/mol. The van der Waals surface area contributed by atoms with Gasteiger partial charge < -0.3 is 15.1 Å². The number of likely N-dealkylation sites (N-methyl/N-ethyl adjacent to an activating group) is 2. The second kappa shape index (κ2) is 5.94. The number of hydrogen-bond donors (Lipinski definition) is 1. The van der Waals surface area contributed by atoms with Gasteiger partial charge >= 0.3 is 0 Å². The highest BCUT2D eigenvalue weighted by Gasteiger charge is 2.12. The molecule has 4 heteroatoms. The van der Waals surface area contributed by atoms with Gasteiger partial charge in [0.1, 0.15) is 0 Å². The van der Waals surface area contributed by atoms with Crippen LogP contribution < -0.4 is 5.32 Å². The molecule has 0 aromatic heterocycles. The molecule has 0 radical (unpaired) electrons. The number of carbonyl (C=O) groups is 1. The van der Waals surface area contributed by atoms with Gasteiger partial charge in [-0.15, -0.1) is 0 Å². The Morgan fingerprint density at radius 2 is 1.85 bits per heavy atom. The van der Waals surface area contributed by atoms with E-state index in [2.05, 4.69) is 10.2 Å². The van der Waals surface area contributed by atoms with Crippen LogP contribution in [0.15, 0.2) is 0 Å². The molecule has 0 aromatic carbocycles. The maximum atomic E-state index is 11.4. The van der Waals surface area contributed by atoms with Crippen LogP contribution in [0.25, 0.3) is 0 Å². The second-order valence-corrected chi connectivity index (χ2v) is 3.71. The SMILES string of the molecule is CC(NCCN(C)C)C(=O)N(C)C. The van der Waals surface area contributed by atoms with E-state index in [4.69, 9.17) is 0 Å². The van der Waals surface area contributed by atoms with E-state index in [9.17, 15) is 4.79 Å². The summed E-state index contributed by atoms with van der Waals surface area (Å²) in [5.41, 5.74) is 0. The predicted molar refractivity (Wildman–Crippen MR) is 54.7 cm³/mol. The van der Waals surface area contributed by atoms with Gasteiger partial charge in [0.15, 0.2) is 0 Å². The van der Waals surface area contributed by atoms with Gasteiger partial charge in [0.05, 0.1) is 6.04 Å². The van der Waals surface area contributed by atoms with Gasteiger partial charge in [0.25, 0.3) is 0 Å². The molecule has 4 nitrogen and oxygen atoms in total. The highest BCUT2D eigenvalue weighted by molar-refractivity contribution is 5.80. The lowest BCUT2D eigenvalue weighted by Gasteiger charge is -2.19. The molecule has 0 aromatic rings. The first kappa shape index (κ1) is 12.4. The molecule has 0 spiro atoms. The Morgan fingerprint density at radius 3 is 2.23 bits per heavy atom. The third-order valence-corrected chi connectivity index (χ3v) is 1.82. The van der Waals surface area contributed by atoms with Gasteiger partial charge in [-0.3, -0.25) is 4.79 Å². The summed E-state index contributed by atoms with van der Waals surface area (Å²) in [6.45, 7) is 3.68. The molecule has 1 amide bonds. The number of nitrogens with zero attached hydrogens (tertiary/aromatic N) is 2. The number of nitrogens with one attached hydrogen (secondary N) is 1. The Morgan fingerprint density at radius 1 is 1.31 bits per heavy atom. The molecule has 1 unspecified atom stereocenters. The highest BCUT2D eigenvalue weighted by Crippen LogP contribution is 1.87. The fourth-order valence-corrected chi connectivity index (χ4v) is 0.979. The van der Waals surface area contributed by atoms with Crippen molar-refractivity contribution in [2.45, 2.75) is 13.0 Å². The first-order valence-electron chi connectivity index (χ1n) is 4.54. The third-order valence-electron chi connectivity index (χ3n) is 1.82. The van der Waals surface area contributed by atoms with Gasteiger partial charge in [0, 0.05) is 27.2 Å². The minimum absolute atomic E-state index is 0.0880. The van der Waals surface area contributed by atoms with E-state index in [1.807, 2.05) is 21.0 Å². The first-order chi connectivity index (χ1) is 5.95. The Balaban J connectivity index is 3.62. The van der Waals surface area contributed by atoms with Gasteiger partial charge in [-0.25, -0.2) is 0 Å². The lowest BCUT2D eigenvalue weighted by Crippen LogP contribution is -2.43. The molecule has 0 fully saturated rings. The average molecular weight is 187 g/mol. The normalized spacial score (nSPS) is 13.1. The van der Waals surface area contributed by atoms with E-state index in [0.717, 1.165) is 13.1 Å². The Hall–Kier alpha value is -0.610. The molecule has 0 aliphatic carbocycles. The van der Waals surface area contributed by atoms with Crippen molar-refractivity contribution in [3.8, 4) is 0 Å². The van der Waals surface area contributed by atoms with E-state index in [1.165, 1.54) is 0 Å². The molecule has 1 atom stereocenters. The zero-order chi connectivity index (χ0) is 10.4. The molecular formula is C9H21N3O. The fraction of sp³-hybridized carbons (Fsp3) is 0.889. The van der Waals surface area contributed by atoms with Crippen molar-refractivity contribution in [1.29, 1.82) is 0 Å². The molecule has 0 aliphatic rings. The van der Waals surface area contributed by atoms with E-state index in [-0.39, 0.29) is 11.9 Å². The molecule has 0 bridgehead atoms. The molecule has 1 N–H and O–H groups in total. The lowest BCUT2D eigenvalue weighted by atomic mass is 10.3. The van der Waals surface area contributed by atoms with E-state index >= 15 is 0 Å².